The van der Waals surface area contributed by atoms with Gasteiger partial charge in [0.15, 0.2) is 0 Å². The molecular formula is C26H19BrN2O2S. The zero-order chi connectivity index (χ0) is 22.1. The van der Waals surface area contributed by atoms with Gasteiger partial charge in [0.25, 0.3) is 11.1 Å². The lowest BCUT2D eigenvalue weighted by atomic mass is 10.1. The van der Waals surface area contributed by atoms with Crippen LogP contribution in [0.4, 0.5) is 4.79 Å². The Morgan fingerprint density at radius 2 is 1.50 bits per heavy atom. The minimum atomic E-state index is -0.247. The van der Waals surface area contributed by atoms with Crippen LogP contribution in [0.25, 0.3) is 17.0 Å². The highest BCUT2D eigenvalue weighted by Gasteiger charge is 2.35. The van der Waals surface area contributed by atoms with E-state index in [1.54, 1.807) is 0 Å². The largest absolute Gasteiger partial charge is 0.342 e. The van der Waals surface area contributed by atoms with E-state index in [0.29, 0.717) is 4.91 Å². The standard InChI is InChI=1S/C26H19BrN2O2S/c27-21-12-10-19(11-13-21)16-29-25(30)24(32-26(29)31)14-20-17-28(15-18-6-2-1-3-7-18)23-9-5-4-8-22(20)23/h1-14,17H,15-16H2/b24-14-. The number of hydrogen-bond acceptors (Lipinski definition) is 3. The van der Waals surface area contributed by atoms with Crippen molar-refractivity contribution < 1.29 is 9.59 Å². The van der Waals surface area contributed by atoms with Crippen molar-refractivity contribution in [2.75, 3.05) is 0 Å². The molecule has 1 aromatic heterocycles. The molecule has 0 spiro atoms. The molecule has 4 nitrogen and oxygen atoms in total. The van der Waals surface area contributed by atoms with E-state index in [1.165, 1.54) is 10.5 Å². The van der Waals surface area contributed by atoms with Crippen LogP contribution in [0, 0.1) is 0 Å². The summed E-state index contributed by atoms with van der Waals surface area (Å²) in [6.45, 7) is 1.01. The highest BCUT2D eigenvalue weighted by Crippen LogP contribution is 2.35. The van der Waals surface area contributed by atoms with Crippen LogP contribution in [0.15, 0.2) is 94.4 Å². The number of hydrogen-bond donors (Lipinski definition) is 0. The number of halogens is 1. The Morgan fingerprint density at radius 1 is 0.812 bits per heavy atom. The first-order valence-corrected chi connectivity index (χ1v) is 11.8. The summed E-state index contributed by atoms with van der Waals surface area (Å²) >= 11 is 4.41. The van der Waals surface area contributed by atoms with Gasteiger partial charge >= 0.3 is 0 Å². The third kappa shape index (κ3) is 4.16. The molecule has 0 bridgehead atoms. The van der Waals surface area contributed by atoms with Gasteiger partial charge in [0, 0.05) is 33.7 Å². The third-order valence-electron chi connectivity index (χ3n) is 5.43. The maximum Gasteiger partial charge on any atom is 0.293 e. The van der Waals surface area contributed by atoms with Gasteiger partial charge in [0.1, 0.15) is 0 Å². The van der Waals surface area contributed by atoms with E-state index in [1.807, 2.05) is 60.7 Å². The van der Waals surface area contributed by atoms with E-state index in [0.717, 1.165) is 44.8 Å². The molecule has 0 aliphatic carbocycles. The second kappa shape index (κ2) is 8.81. The van der Waals surface area contributed by atoms with E-state index in [4.69, 9.17) is 0 Å². The number of fused-ring (bicyclic) bond motifs is 1. The van der Waals surface area contributed by atoms with Crippen LogP contribution in [-0.2, 0) is 17.9 Å². The molecule has 4 aromatic rings. The molecule has 6 heteroatoms. The summed E-state index contributed by atoms with van der Waals surface area (Å²) in [7, 11) is 0. The molecule has 1 aliphatic rings. The van der Waals surface area contributed by atoms with Gasteiger partial charge in [0.2, 0.25) is 0 Å². The number of carbonyl (C=O) groups is 2. The lowest BCUT2D eigenvalue weighted by molar-refractivity contribution is -0.123. The van der Waals surface area contributed by atoms with Crippen molar-refractivity contribution in [1.29, 1.82) is 0 Å². The maximum absolute atomic E-state index is 13.0. The predicted molar refractivity (Wildman–Crippen MR) is 133 cm³/mol. The summed E-state index contributed by atoms with van der Waals surface area (Å²) in [5.41, 5.74) is 4.15. The maximum atomic E-state index is 13.0. The highest BCUT2D eigenvalue weighted by atomic mass is 79.9. The van der Waals surface area contributed by atoms with E-state index >= 15 is 0 Å². The number of rotatable bonds is 5. The molecule has 0 atom stereocenters. The van der Waals surface area contributed by atoms with Crippen LogP contribution in [0.2, 0.25) is 0 Å². The Bertz CT molecular complexity index is 1340. The molecule has 158 valence electrons. The van der Waals surface area contributed by atoms with Crippen molar-refractivity contribution >= 4 is 55.8 Å². The van der Waals surface area contributed by atoms with Gasteiger partial charge in [-0.2, -0.15) is 0 Å². The lowest BCUT2D eigenvalue weighted by Crippen LogP contribution is -2.27. The van der Waals surface area contributed by atoms with E-state index in [-0.39, 0.29) is 17.7 Å². The van der Waals surface area contributed by atoms with E-state index in [2.05, 4.69) is 51.0 Å². The normalized spacial score (nSPS) is 15.3. The van der Waals surface area contributed by atoms with Gasteiger partial charge in [-0.05, 0) is 47.2 Å². The van der Waals surface area contributed by atoms with Gasteiger partial charge < -0.3 is 4.57 Å². The van der Waals surface area contributed by atoms with Crippen LogP contribution in [0.3, 0.4) is 0 Å². The Labute approximate surface area is 198 Å². The zero-order valence-corrected chi connectivity index (χ0v) is 19.5. The summed E-state index contributed by atoms with van der Waals surface area (Å²) in [4.78, 5) is 27.4. The molecule has 2 heterocycles. The molecule has 0 radical (unpaired) electrons. The molecule has 1 fully saturated rings. The molecule has 3 aromatic carbocycles. The van der Waals surface area contributed by atoms with Crippen molar-refractivity contribution in [3.05, 3.63) is 111 Å². The van der Waals surface area contributed by atoms with Crippen LogP contribution in [-0.4, -0.2) is 20.6 Å². The van der Waals surface area contributed by atoms with Gasteiger partial charge in [0.05, 0.1) is 11.4 Å². The predicted octanol–water partition coefficient (Wildman–Crippen LogP) is 6.69. The molecule has 32 heavy (non-hydrogen) atoms. The number of benzene rings is 3. The molecule has 5 rings (SSSR count). The average molecular weight is 503 g/mol. The second-order valence-electron chi connectivity index (χ2n) is 7.61. The summed E-state index contributed by atoms with van der Waals surface area (Å²) < 4.78 is 3.14. The molecule has 0 saturated carbocycles. The fourth-order valence-electron chi connectivity index (χ4n) is 3.85. The summed E-state index contributed by atoms with van der Waals surface area (Å²) in [6, 6.07) is 26.0. The zero-order valence-electron chi connectivity index (χ0n) is 17.1. The van der Waals surface area contributed by atoms with Crippen molar-refractivity contribution in [3.63, 3.8) is 0 Å². The quantitative estimate of drug-likeness (QED) is 0.285. The topological polar surface area (TPSA) is 42.3 Å². The lowest BCUT2D eigenvalue weighted by Gasteiger charge is -2.12. The van der Waals surface area contributed by atoms with E-state index < -0.39 is 0 Å². The number of amides is 2. The van der Waals surface area contributed by atoms with E-state index in [9.17, 15) is 9.59 Å². The second-order valence-corrected chi connectivity index (χ2v) is 9.52. The first kappa shape index (κ1) is 20.8. The number of aromatic nitrogens is 1. The van der Waals surface area contributed by atoms with Gasteiger partial charge in [-0.3, -0.25) is 14.5 Å². The molecule has 1 saturated heterocycles. The third-order valence-corrected chi connectivity index (χ3v) is 6.87. The van der Waals surface area contributed by atoms with Crippen molar-refractivity contribution in [1.82, 2.24) is 9.47 Å². The highest BCUT2D eigenvalue weighted by molar-refractivity contribution is 9.10. The Kier molecular flexibility index (Phi) is 5.72. The monoisotopic (exact) mass is 502 g/mol. The number of carbonyl (C=O) groups excluding carboxylic acids is 2. The molecule has 2 amide bonds. The Balaban J connectivity index is 1.45. The fraction of sp³-hybridized carbons (Fsp3) is 0.0769. The first-order valence-electron chi connectivity index (χ1n) is 10.2. The molecular weight excluding hydrogens is 484 g/mol. The van der Waals surface area contributed by atoms with Crippen molar-refractivity contribution in [3.8, 4) is 0 Å². The minimum Gasteiger partial charge on any atom is -0.342 e. The molecule has 0 unspecified atom stereocenters. The fourth-order valence-corrected chi connectivity index (χ4v) is 4.94. The summed E-state index contributed by atoms with van der Waals surface area (Å²) in [5.74, 6) is -0.247. The summed E-state index contributed by atoms with van der Waals surface area (Å²) in [5, 5.41) is 0.820. The number of nitrogens with zero attached hydrogens (tertiary/aromatic N) is 2. The van der Waals surface area contributed by atoms with Gasteiger partial charge in [-0.15, -0.1) is 0 Å². The number of para-hydroxylation sites is 1. The number of imide groups is 1. The SMILES string of the molecule is O=C1S/C(=C\c2cn(Cc3ccccc3)c3ccccc23)C(=O)N1Cc1ccc(Br)cc1. The van der Waals surface area contributed by atoms with Crippen LogP contribution in [0.5, 0.6) is 0 Å². The Hall–Kier alpha value is -3.09. The molecule has 0 N–H and O–H groups in total. The Morgan fingerprint density at radius 3 is 2.28 bits per heavy atom. The number of thioether (sulfide) groups is 1. The van der Waals surface area contributed by atoms with Gasteiger partial charge in [-0.25, -0.2) is 0 Å². The van der Waals surface area contributed by atoms with Crippen molar-refractivity contribution in [2.24, 2.45) is 0 Å². The minimum absolute atomic E-state index is 0.239. The average Bonchev–Trinajstić information content (AvgIpc) is 3.28. The van der Waals surface area contributed by atoms with Crippen LogP contribution >= 0.6 is 27.7 Å². The first-order chi connectivity index (χ1) is 15.6. The van der Waals surface area contributed by atoms with Crippen LogP contribution in [0.1, 0.15) is 16.7 Å². The van der Waals surface area contributed by atoms with Crippen molar-refractivity contribution in [2.45, 2.75) is 13.1 Å². The molecule has 1 aliphatic heterocycles. The summed E-state index contributed by atoms with van der Waals surface area (Å²) in [6.07, 6.45) is 3.90. The van der Waals surface area contributed by atoms with Gasteiger partial charge in [-0.1, -0.05) is 76.6 Å². The van der Waals surface area contributed by atoms with Crippen LogP contribution < -0.4 is 0 Å². The smallest absolute Gasteiger partial charge is 0.293 e.